The van der Waals surface area contributed by atoms with Gasteiger partial charge < -0.3 is 4.90 Å². The van der Waals surface area contributed by atoms with Crippen LogP contribution in [0.5, 0.6) is 0 Å². The van der Waals surface area contributed by atoms with Gasteiger partial charge in [-0.1, -0.05) is 42.5 Å². The average molecular weight is 225 g/mol. The molecule has 0 amide bonds. The zero-order chi connectivity index (χ0) is 12.3. The molecule has 0 saturated carbocycles. The van der Waals surface area contributed by atoms with Crippen LogP contribution in [-0.4, -0.2) is 20.4 Å². The van der Waals surface area contributed by atoms with E-state index in [0.29, 0.717) is 0 Å². The van der Waals surface area contributed by atoms with Crippen molar-refractivity contribution in [3.63, 3.8) is 0 Å². The van der Waals surface area contributed by atoms with E-state index >= 15 is 0 Å². The predicted octanol–water partition coefficient (Wildman–Crippen LogP) is 3.23. The predicted molar refractivity (Wildman–Crippen MR) is 71.6 cm³/mol. The maximum absolute atomic E-state index is 11.3. The maximum Gasteiger partial charge on any atom is 0.152 e. The molecule has 2 aromatic rings. The second-order valence-corrected chi connectivity index (χ2v) is 4.12. The highest BCUT2D eigenvalue weighted by Crippen LogP contribution is 2.28. The van der Waals surface area contributed by atoms with E-state index in [-0.39, 0.29) is 0 Å². The average Bonchev–Trinajstić information content (AvgIpc) is 2.38. The van der Waals surface area contributed by atoms with Crippen molar-refractivity contribution in [2.45, 2.75) is 0 Å². The fourth-order valence-corrected chi connectivity index (χ4v) is 1.94. The summed E-state index contributed by atoms with van der Waals surface area (Å²) in [5.74, 6) is 0. The molecule has 2 heteroatoms. The Labute approximate surface area is 102 Å². The molecule has 0 unspecified atom stereocenters. The molecule has 2 rings (SSSR count). The molecule has 17 heavy (non-hydrogen) atoms. The second-order valence-electron chi connectivity index (χ2n) is 4.12. The first kappa shape index (κ1) is 11.4. The van der Waals surface area contributed by atoms with E-state index in [1.807, 2.05) is 67.5 Å². The fraction of sp³-hybridized carbons (Fsp3) is 0.133. The van der Waals surface area contributed by atoms with E-state index in [1.54, 1.807) is 0 Å². The molecule has 0 heterocycles. The van der Waals surface area contributed by atoms with Crippen LogP contribution in [0.3, 0.4) is 0 Å². The summed E-state index contributed by atoms with van der Waals surface area (Å²) in [5.41, 5.74) is 3.73. The summed E-state index contributed by atoms with van der Waals surface area (Å²) in [6, 6.07) is 15.9. The van der Waals surface area contributed by atoms with Crippen LogP contribution >= 0.6 is 0 Å². The Kier molecular flexibility index (Phi) is 3.24. The minimum atomic E-state index is 0.740. The molecular formula is C15H15NO. The van der Waals surface area contributed by atoms with E-state index in [0.717, 1.165) is 28.7 Å². The normalized spacial score (nSPS) is 10.0. The van der Waals surface area contributed by atoms with Crippen LogP contribution in [-0.2, 0) is 0 Å². The smallest absolute Gasteiger partial charge is 0.152 e. The standard InChI is InChI=1S/C15H15NO/c1-16(2)15-10-6-9-13(14(15)11-17)12-7-4-3-5-8-12/h3-11H,1-2H3. The first-order chi connectivity index (χ1) is 8.24. The summed E-state index contributed by atoms with van der Waals surface area (Å²) in [6.07, 6.45) is 0.928. The molecule has 2 aromatic carbocycles. The zero-order valence-corrected chi connectivity index (χ0v) is 10.1. The van der Waals surface area contributed by atoms with Gasteiger partial charge in [0.1, 0.15) is 0 Å². The van der Waals surface area contributed by atoms with Crippen LogP contribution in [0, 0.1) is 0 Å². The first-order valence-corrected chi connectivity index (χ1v) is 5.55. The number of hydrogen-bond donors (Lipinski definition) is 0. The molecular weight excluding hydrogens is 210 g/mol. The van der Waals surface area contributed by atoms with Crippen molar-refractivity contribution in [1.82, 2.24) is 0 Å². The summed E-state index contributed by atoms with van der Waals surface area (Å²) in [6.45, 7) is 0. The molecule has 0 atom stereocenters. The van der Waals surface area contributed by atoms with E-state index in [1.165, 1.54) is 0 Å². The first-order valence-electron chi connectivity index (χ1n) is 5.55. The van der Waals surface area contributed by atoms with E-state index < -0.39 is 0 Å². The van der Waals surface area contributed by atoms with Gasteiger partial charge in [-0.3, -0.25) is 4.79 Å². The highest BCUT2D eigenvalue weighted by atomic mass is 16.1. The molecule has 0 spiro atoms. The third-order valence-electron chi connectivity index (χ3n) is 2.77. The van der Waals surface area contributed by atoms with Crippen LogP contribution in [0.25, 0.3) is 11.1 Å². The van der Waals surface area contributed by atoms with Crippen molar-refractivity contribution < 1.29 is 4.79 Å². The lowest BCUT2D eigenvalue weighted by Crippen LogP contribution is -2.11. The molecule has 0 N–H and O–H groups in total. The van der Waals surface area contributed by atoms with Crippen molar-refractivity contribution >= 4 is 12.0 Å². The molecule has 0 saturated heterocycles. The van der Waals surface area contributed by atoms with Crippen LogP contribution in [0.2, 0.25) is 0 Å². The Morgan fingerprint density at radius 1 is 0.941 bits per heavy atom. The minimum Gasteiger partial charge on any atom is -0.377 e. The lowest BCUT2D eigenvalue weighted by Gasteiger charge is -2.17. The SMILES string of the molecule is CN(C)c1cccc(-c2ccccc2)c1C=O. The highest BCUT2D eigenvalue weighted by Gasteiger charge is 2.10. The van der Waals surface area contributed by atoms with Gasteiger partial charge in [-0.2, -0.15) is 0 Å². The summed E-state index contributed by atoms with van der Waals surface area (Å²) in [5, 5.41) is 0. The van der Waals surface area contributed by atoms with Gasteiger partial charge >= 0.3 is 0 Å². The molecule has 0 bridgehead atoms. The lowest BCUT2D eigenvalue weighted by molar-refractivity contribution is 0.112. The Hall–Kier alpha value is -2.09. The fourth-order valence-electron chi connectivity index (χ4n) is 1.94. The zero-order valence-electron chi connectivity index (χ0n) is 10.1. The van der Waals surface area contributed by atoms with Gasteiger partial charge in [-0.25, -0.2) is 0 Å². The third kappa shape index (κ3) is 2.21. The van der Waals surface area contributed by atoms with Gasteiger partial charge in [-0.15, -0.1) is 0 Å². The minimum absolute atomic E-state index is 0.740. The van der Waals surface area contributed by atoms with Gasteiger partial charge in [0.05, 0.1) is 0 Å². The number of hydrogen-bond acceptors (Lipinski definition) is 2. The van der Waals surface area contributed by atoms with Gasteiger partial charge in [0.15, 0.2) is 6.29 Å². The topological polar surface area (TPSA) is 20.3 Å². The summed E-state index contributed by atoms with van der Waals surface area (Å²) in [7, 11) is 3.88. The molecule has 0 radical (unpaired) electrons. The number of anilines is 1. The summed E-state index contributed by atoms with van der Waals surface area (Å²) in [4.78, 5) is 13.3. The summed E-state index contributed by atoms with van der Waals surface area (Å²) < 4.78 is 0. The highest BCUT2D eigenvalue weighted by molar-refractivity contribution is 5.94. The van der Waals surface area contributed by atoms with Gasteiger partial charge in [0.2, 0.25) is 0 Å². The number of rotatable bonds is 3. The number of nitrogens with zero attached hydrogens (tertiary/aromatic N) is 1. The molecule has 0 aliphatic carbocycles. The van der Waals surface area contributed by atoms with Crippen molar-refractivity contribution in [3.8, 4) is 11.1 Å². The quantitative estimate of drug-likeness (QED) is 0.747. The Morgan fingerprint density at radius 2 is 1.65 bits per heavy atom. The molecule has 0 aliphatic heterocycles. The van der Waals surface area contributed by atoms with Gasteiger partial charge in [0.25, 0.3) is 0 Å². The molecule has 86 valence electrons. The lowest BCUT2D eigenvalue weighted by atomic mass is 9.99. The van der Waals surface area contributed by atoms with Crippen LogP contribution in [0.4, 0.5) is 5.69 Å². The van der Waals surface area contributed by atoms with Crippen molar-refractivity contribution in [1.29, 1.82) is 0 Å². The largest absolute Gasteiger partial charge is 0.377 e. The number of carbonyl (C=O) groups excluding carboxylic acids is 1. The third-order valence-corrected chi connectivity index (χ3v) is 2.77. The van der Waals surface area contributed by atoms with Gasteiger partial charge in [0, 0.05) is 25.3 Å². The number of aldehydes is 1. The van der Waals surface area contributed by atoms with E-state index in [4.69, 9.17) is 0 Å². The molecule has 0 aliphatic rings. The molecule has 0 fully saturated rings. The second kappa shape index (κ2) is 4.83. The van der Waals surface area contributed by atoms with E-state index in [9.17, 15) is 4.79 Å². The Bertz CT molecular complexity index is 518. The van der Waals surface area contributed by atoms with Gasteiger partial charge in [-0.05, 0) is 17.2 Å². The number of benzene rings is 2. The van der Waals surface area contributed by atoms with Crippen LogP contribution in [0.1, 0.15) is 10.4 Å². The van der Waals surface area contributed by atoms with Crippen molar-refractivity contribution in [2.75, 3.05) is 19.0 Å². The van der Waals surface area contributed by atoms with Crippen LogP contribution in [0.15, 0.2) is 48.5 Å². The van der Waals surface area contributed by atoms with Crippen LogP contribution < -0.4 is 4.90 Å². The van der Waals surface area contributed by atoms with Crippen molar-refractivity contribution in [3.05, 3.63) is 54.1 Å². The number of carbonyl (C=O) groups is 1. The molecule has 2 nitrogen and oxygen atoms in total. The maximum atomic E-state index is 11.3. The monoisotopic (exact) mass is 225 g/mol. The summed E-state index contributed by atoms with van der Waals surface area (Å²) >= 11 is 0. The van der Waals surface area contributed by atoms with E-state index in [2.05, 4.69) is 0 Å². The Morgan fingerprint density at radius 3 is 2.24 bits per heavy atom. The molecule has 0 aromatic heterocycles. The Balaban J connectivity index is 2.63. The van der Waals surface area contributed by atoms with Crippen molar-refractivity contribution in [2.24, 2.45) is 0 Å².